The van der Waals surface area contributed by atoms with Crippen molar-refractivity contribution in [2.24, 2.45) is 7.05 Å². The van der Waals surface area contributed by atoms with Crippen LogP contribution in [0.1, 0.15) is 50.0 Å². The molecule has 4 aromatic heterocycles. The van der Waals surface area contributed by atoms with Crippen LogP contribution in [0.5, 0.6) is 11.6 Å². The van der Waals surface area contributed by atoms with E-state index in [0.717, 1.165) is 66.9 Å². The van der Waals surface area contributed by atoms with Crippen LogP contribution in [0.2, 0.25) is 0 Å². The first-order chi connectivity index (χ1) is 20.8. The molecule has 6 rings (SSSR count). The highest BCUT2D eigenvalue weighted by molar-refractivity contribution is 5.87. The second kappa shape index (κ2) is 12.4. The molecule has 13 nitrogen and oxygen atoms in total. The fraction of sp³-hybridized carbons (Fsp3) is 0.467. The number of fused-ring (bicyclic) bond motifs is 1. The zero-order valence-corrected chi connectivity index (χ0v) is 24.7. The maximum absolute atomic E-state index is 11.3. The summed E-state index contributed by atoms with van der Waals surface area (Å²) in [6, 6.07) is 8.30. The van der Waals surface area contributed by atoms with Gasteiger partial charge in [0.05, 0.1) is 37.4 Å². The molecule has 1 aliphatic heterocycles. The molecule has 1 saturated heterocycles. The summed E-state index contributed by atoms with van der Waals surface area (Å²) in [6.45, 7) is 6.67. The topological polar surface area (TPSA) is 151 Å². The van der Waals surface area contributed by atoms with Crippen LogP contribution in [0.15, 0.2) is 42.9 Å². The third-order valence-corrected chi connectivity index (χ3v) is 8.11. The second-order valence-electron chi connectivity index (χ2n) is 11.2. The van der Waals surface area contributed by atoms with E-state index in [4.69, 9.17) is 24.2 Å². The number of ether oxygens (including phenoxy) is 3. The summed E-state index contributed by atoms with van der Waals surface area (Å²) in [4.78, 5) is 18.6. The fourth-order valence-electron chi connectivity index (χ4n) is 5.70. The zero-order chi connectivity index (χ0) is 29.9. The number of pyridine rings is 3. The van der Waals surface area contributed by atoms with E-state index >= 15 is 0 Å². The molecule has 5 heterocycles. The fourth-order valence-corrected chi connectivity index (χ4v) is 5.70. The van der Waals surface area contributed by atoms with Gasteiger partial charge in [-0.25, -0.2) is 14.5 Å². The van der Waals surface area contributed by atoms with Crippen molar-refractivity contribution in [3.63, 3.8) is 0 Å². The largest absolute Gasteiger partial charge is 0.744 e. The van der Waals surface area contributed by atoms with Crippen LogP contribution in [0.25, 0.3) is 10.9 Å². The van der Waals surface area contributed by atoms with Crippen molar-refractivity contribution >= 4 is 22.5 Å². The number of nitrogens with zero attached hydrogens (tertiary/aromatic N) is 6. The summed E-state index contributed by atoms with van der Waals surface area (Å²) >= 11 is 0. The van der Waals surface area contributed by atoms with Gasteiger partial charge in [0.15, 0.2) is 6.10 Å². The lowest BCUT2D eigenvalue weighted by molar-refractivity contribution is 0.122. The van der Waals surface area contributed by atoms with Crippen LogP contribution in [0, 0.1) is 17.3 Å². The number of nitrogens with one attached hydrogen (secondary N) is 2. The van der Waals surface area contributed by atoms with Gasteiger partial charge >= 0.3 is 5.62 Å². The molecule has 0 bridgehead atoms. The predicted molar refractivity (Wildman–Crippen MR) is 163 cm³/mol. The van der Waals surface area contributed by atoms with Crippen LogP contribution >= 0.6 is 0 Å². The minimum atomic E-state index is -0.468. The molecule has 0 amide bonds. The van der Waals surface area contributed by atoms with Gasteiger partial charge in [0.2, 0.25) is 5.88 Å². The Kier molecular flexibility index (Phi) is 8.23. The SMILES string of the molecule is Cc1ccc(NC2CCC(Oc3nc(N4CCOCC4)cc4ncc(OC(C)c5c[nH]c(=[N+]([O-])[O-])n5C)cc34)CC2)nc1. The molecule has 2 fully saturated rings. The molecule has 1 aliphatic carbocycles. The van der Waals surface area contributed by atoms with Crippen LogP contribution in [-0.2, 0) is 11.8 Å². The van der Waals surface area contributed by atoms with Crippen molar-refractivity contribution in [1.29, 1.82) is 0 Å². The summed E-state index contributed by atoms with van der Waals surface area (Å²) < 4.78 is 19.8. The van der Waals surface area contributed by atoms with E-state index in [1.165, 1.54) is 4.57 Å². The Labute approximate surface area is 249 Å². The highest BCUT2D eigenvalue weighted by Gasteiger charge is 2.25. The predicted octanol–water partition coefficient (Wildman–Crippen LogP) is 3.55. The number of hydrogen-bond donors (Lipinski definition) is 2. The van der Waals surface area contributed by atoms with Gasteiger partial charge in [-0.1, -0.05) is 6.07 Å². The van der Waals surface area contributed by atoms with Crippen LogP contribution < -0.4 is 30.2 Å². The van der Waals surface area contributed by atoms with Crippen LogP contribution in [0.3, 0.4) is 0 Å². The van der Waals surface area contributed by atoms with E-state index in [9.17, 15) is 10.4 Å². The maximum Gasteiger partial charge on any atom is 0.358 e. The van der Waals surface area contributed by atoms with Gasteiger partial charge in [-0.3, -0.25) is 9.89 Å². The Morgan fingerprint density at radius 3 is 2.58 bits per heavy atom. The van der Waals surface area contributed by atoms with Crippen molar-refractivity contribution in [2.75, 3.05) is 36.5 Å². The van der Waals surface area contributed by atoms with E-state index in [1.807, 2.05) is 38.2 Å². The van der Waals surface area contributed by atoms with Crippen molar-refractivity contribution in [1.82, 2.24) is 29.4 Å². The zero-order valence-electron chi connectivity index (χ0n) is 24.7. The molecule has 4 aromatic rings. The lowest BCUT2D eigenvalue weighted by Gasteiger charge is -2.31. The molecule has 13 heteroatoms. The third kappa shape index (κ3) is 6.46. The minimum Gasteiger partial charge on any atom is -0.744 e. The molecule has 1 saturated carbocycles. The Balaban J connectivity index is 1.22. The van der Waals surface area contributed by atoms with Crippen molar-refractivity contribution in [3.8, 4) is 11.6 Å². The van der Waals surface area contributed by atoms with E-state index in [2.05, 4.69) is 26.3 Å². The molecule has 2 N–H and O–H groups in total. The summed E-state index contributed by atoms with van der Waals surface area (Å²) in [6.07, 6.45) is 8.38. The Morgan fingerprint density at radius 1 is 1.09 bits per heavy atom. The number of imidazole rings is 1. The first kappa shape index (κ1) is 28.6. The summed E-state index contributed by atoms with van der Waals surface area (Å²) in [7, 11) is 1.63. The van der Waals surface area contributed by atoms with Gasteiger partial charge in [-0.05, 0) is 57.2 Å². The van der Waals surface area contributed by atoms with Gasteiger partial charge in [-0.15, -0.1) is 0 Å². The molecular formula is C30H37N8O5-. The number of rotatable bonds is 8. The molecule has 2 aliphatic rings. The molecule has 0 spiro atoms. The lowest BCUT2D eigenvalue weighted by Crippen LogP contribution is -2.37. The number of aryl methyl sites for hydroxylation is 1. The van der Waals surface area contributed by atoms with E-state index in [-0.39, 0.29) is 11.7 Å². The quantitative estimate of drug-likeness (QED) is 0.292. The molecule has 1 unspecified atom stereocenters. The normalized spacial score (nSPS) is 19.7. The molecule has 228 valence electrons. The van der Waals surface area contributed by atoms with E-state index < -0.39 is 11.0 Å². The van der Waals surface area contributed by atoms with Crippen LogP contribution in [-0.4, -0.2) is 63.0 Å². The van der Waals surface area contributed by atoms with Crippen molar-refractivity contribution < 1.29 is 14.2 Å². The third-order valence-electron chi connectivity index (χ3n) is 8.11. The van der Waals surface area contributed by atoms with Crippen molar-refractivity contribution in [2.45, 2.75) is 57.8 Å². The van der Waals surface area contributed by atoms with Gasteiger partial charge in [-0.2, -0.15) is 4.98 Å². The first-order valence-corrected chi connectivity index (χ1v) is 14.7. The Morgan fingerprint density at radius 2 is 1.88 bits per heavy atom. The summed E-state index contributed by atoms with van der Waals surface area (Å²) in [5, 5.41) is 26.9. The van der Waals surface area contributed by atoms with E-state index in [0.29, 0.717) is 36.6 Å². The number of H-pyrrole nitrogens is 1. The van der Waals surface area contributed by atoms with Gasteiger partial charge in [0, 0.05) is 31.4 Å². The average molecular weight is 590 g/mol. The van der Waals surface area contributed by atoms with Crippen LogP contribution in [0.4, 0.5) is 11.6 Å². The monoisotopic (exact) mass is 589 g/mol. The number of anilines is 2. The second-order valence-corrected chi connectivity index (χ2v) is 11.2. The number of aromatic nitrogens is 5. The summed E-state index contributed by atoms with van der Waals surface area (Å²) in [5.41, 5.74) is 2.42. The van der Waals surface area contributed by atoms with Crippen molar-refractivity contribution in [3.05, 3.63) is 70.1 Å². The Bertz CT molecular complexity index is 1620. The molecule has 0 radical (unpaired) electrons. The average Bonchev–Trinajstić information content (AvgIpc) is 3.41. The molecular weight excluding hydrogens is 552 g/mol. The highest BCUT2D eigenvalue weighted by atomic mass is 16.8. The maximum atomic E-state index is 11.3. The molecule has 1 atom stereocenters. The Hall–Kier alpha value is -4.52. The van der Waals surface area contributed by atoms with Gasteiger partial charge < -0.3 is 34.8 Å². The van der Waals surface area contributed by atoms with Gasteiger partial charge in [0.25, 0.3) is 0 Å². The smallest absolute Gasteiger partial charge is 0.358 e. The highest BCUT2D eigenvalue weighted by Crippen LogP contribution is 2.34. The van der Waals surface area contributed by atoms with E-state index in [1.54, 1.807) is 19.4 Å². The van der Waals surface area contributed by atoms with Gasteiger partial charge in [0.1, 0.15) is 35.4 Å². The number of aromatic amines is 1. The lowest BCUT2D eigenvalue weighted by atomic mass is 9.93. The molecule has 43 heavy (non-hydrogen) atoms. The summed E-state index contributed by atoms with van der Waals surface area (Å²) in [5.74, 6) is 2.77. The molecule has 0 aromatic carbocycles. The standard InChI is InChI=1S/C30H37N8O5/c1-19-4-9-27(32-16-19)34-21-5-7-22(8-6-21)43-29-24-14-23(42-20(2)26-18-33-30(36(26)3)38(39)40)17-31-25(24)15-28(35-29)37-10-12-41-13-11-37/h4,9,14-18,20-22,33H,5-8,10-13H2,1-3H3,(H-,32,34,39,40)/q-1. The number of hydrogen-bond acceptors (Lipinski definition) is 10. The minimum absolute atomic E-state index is 0.0163. The first-order valence-electron chi connectivity index (χ1n) is 14.7. The number of morpholine rings is 1.